The van der Waals surface area contributed by atoms with E-state index in [1.807, 2.05) is 0 Å². The Morgan fingerprint density at radius 1 is 0.333 bits per heavy atom. The average Bonchev–Trinajstić information content (AvgIpc) is 3.25. The Hall–Kier alpha value is -5.16. The second-order valence-electron chi connectivity index (χ2n) is 10.6. The molecule has 0 saturated carbocycles. The van der Waals surface area contributed by atoms with Crippen LogP contribution in [0.5, 0.6) is 0 Å². The molecule has 8 aromatic carbocycles. The summed E-state index contributed by atoms with van der Waals surface area (Å²) in [6.07, 6.45) is 8.78. The summed E-state index contributed by atoms with van der Waals surface area (Å²) in [5.41, 5.74) is 8.36. The van der Waals surface area contributed by atoms with Gasteiger partial charge in [0.05, 0.1) is 0 Å². The Morgan fingerprint density at radius 2 is 0.692 bits per heavy atom. The first-order valence-electron chi connectivity index (χ1n) is 13.5. The molecule has 1 aliphatic rings. The molecule has 8 aromatic rings. The topological polar surface area (TPSA) is 0 Å². The molecule has 0 bridgehead atoms. The van der Waals surface area contributed by atoms with Gasteiger partial charge in [-0.3, -0.25) is 0 Å². The van der Waals surface area contributed by atoms with Gasteiger partial charge in [0.15, 0.2) is 0 Å². The number of hydrogen-bond donors (Lipinski definition) is 0. The average molecular weight is 491 g/mol. The van der Waals surface area contributed by atoms with Crippen LogP contribution in [0.4, 0.5) is 0 Å². The largest absolute Gasteiger partial charge is 0.120 e. The maximum atomic E-state index is 3.51. The van der Waals surface area contributed by atoms with Crippen LogP contribution in [0.3, 0.4) is 0 Å². The molecule has 0 unspecified atom stereocenters. The second-order valence-corrected chi connectivity index (χ2v) is 10.6. The van der Waals surface area contributed by atoms with E-state index in [0.717, 1.165) is 0 Å². The summed E-state index contributed by atoms with van der Waals surface area (Å²) in [7, 11) is 0. The minimum atomic E-state index is 1.18. The van der Waals surface area contributed by atoms with Crippen LogP contribution in [-0.4, -0.2) is 0 Å². The van der Waals surface area contributed by atoms with Crippen molar-refractivity contribution in [2.45, 2.75) is 0 Å². The Morgan fingerprint density at radius 3 is 1.13 bits per heavy atom. The quantitative estimate of drug-likeness (QED) is 0.167. The smallest absolute Gasteiger partial charge is 0.00206 e. The van der Waals surface area contributed by atoms with Crippen molar-refractivity contribution in [1.82, 2.24) is 0 Å². The highest BCUT2D eigenvalue weighted by molar-refractivity contribution is 6.26. The first-order valence-corrected chi connectivity index (χ1v) is 13.5. The van der Waals surface area contributed by atoms with Crippen LogP contribution in [0.15, 0.2) is 139 Å². The highest BCUT2D eigenvalue weighted by Crippen LogP contribution is 2.40. The molecule has 0 atom stereocenters. The van der Waals surface area contributed by atoms with E-state index >= 15 is 0 Å². The molecular formula is C39H22. The third kappa shape index (κ3) is 2.90. The molecule has 0 spiro atoms. The molecule has 0 aromatic heterocycles. The Labute approximate surface area is 225 Å². The zero-order valence-electron chi connectivity index (χ0n) is 21.2. The van der Waals surface area contributed by atoms with Crippen LogP contribution in [0, 0.1) is 0 Å². The predicted octanol–water partition coefficient (Wildman–Crippen LogP) is 10.7. The van der Waals surface area contributed by atoms with Crippen molar-refractivity contribution in [2.24, 2.45) is 0 Å². The highest BCUT2D eigenvalue weighted by atomic mass is 14.2. The standard InChI is InChI=1S/C39H22/c1-4-24(32-20-16-30-14-12-26-6-2-8-28-18-22-34(32)38(30)36(26)28)10-11-25(5-1)33-21-17-31-15-13-27-7-3-9-29-19-23-35(33)39(31)37(27)29/h2-23H. The Kier molecular flexibility index (Phi) is 4.11. The lowest BCUT2D eigenvalue weighted by Gasteiger charge is -2.14. The molecule has 0 saturated heterocycles. The maximum absolute atomic E-state index is 3.51. The molecule has 178 valence electrons. The normalized spacial score (nSPS) is 13.8. The third-order valence-corrected chi connectivity index (χ3v) is 8.60. The molecule has 0 fully saturated rings. The van der Waals surface area contributed by atoms with Crippen molar-refractivity contribution in [2.75, 3.05) is 0 Å². The van der Waals surface area contributed by atoms with Gasteiger partial charge >= 0.3 is 0 Å². The van der Waals surface area contributed by atoms with Gasteiger partial charge < -0.3 is 0 Å². The maximum Gasteiger partial charge on any atom is -0.00206 e. The van der Waals surface area contributed by atoms with Crippen LogP contribution in [-0.2, 0) is 0 Å². The van der Waals surface area contributed by atoms with Crippen molar-refractivity contribution >= 4 is 75.8 Å². The van der Waals surface area contributed by atoms with Gasteiger partial charge in [0.2, 0.25) is 0 Å². The van der Waals surface area contributed by atoms with E-state index in [2.05, 4.69) is 139 Å². The SMILES string of the molecule is C1=CC(c2ccc3ccc4cccc5ccc2c3c45)=CC=C(c2ccc3ccc4cccc5ccc2c3c45)C=1. The number of hydrogen-bond acceptors (Lipinski definition) is 0. The molecule has 39 heavy (non-hydrogen) atoms. The summed E-state index contributed by atoms with van der Waals surface area (Å²) in [5.74, 6) is 0. The van der Waals surface area contributed by atoms with Gasteiger partial charge in [0, 0.05) is 0 Å². The molecule has 9 rings (SSSR count). The zero-order chi connectivity index (χ0) is 25.5. The van der Waals surface area contributed by atoms with Gasteiger partial charge in [-0.1, -0.05) is 121 Å². The summed E-state index contributed by atoms with van der Waals surface area (Å²) in [6, 6.07) is 40.3. The van der Waals surface area contributed by atoms with Crippen molar-refractivity contribution < 1.29 is 0 Å². The van der Waals surface area contributed by atoms with Gasteiger partial charge in [-0.15, -0.1) is 5.73 Å². The van der Waals surface area contributed by atoms with Crippen LogP contribution >= 0.6 is 0 Å². The van der Waals surface area contributed by atoms with Gasteiger partial charge in [-0.2, -0.15) is 0 Å². The Balaban J connectivity index is 1.25. The van der Waals surface area contributed by atoms with Crippen molar-refractivity contribution in [3.8, 4) is 0 Å². The first-order chi connectivity index (χ1) is 19.3. The summed E-state index contributed by atoms with van der Waals surface area (Å²) in [6.45, 7) is 0. The van der Waals surface area contributed by atoms with E-state index in [1.54, 1.807) is 0 Å². The first kappa shape index (κ1) is 20.8. The van der Waals surface area contributed by atoms with E-state index in [4.69, 9.17) is 0 Å². The van der Waals surface area contributed by atoms with Crippen molar-refractivity contribution in [3.63, 3.8) is 0 Å². The fourth-order valence-electron chi connectivity index (χ4n) is 6.81. The van der Waals surface area contributed by atoms with E-state index in [-0.39, 0.29) is 0 Å². The fraction of sp³-hybridized carbons (Fsp3) is 0. The molecule has 1 aliphatic carbocycles. The lowest BCUT2D eigenvalue weighted by Crippen LogP contribution is -1.89. The van der Waals surface area contributed by atoms with E-state index in [0.29, 0.717) is 0 Å². The lowest BCUT2D eigenvalue weighted by molar-refractivity contribution is 1.70. The van der Waals surface area contributed by atoms with Crippen LogP contribution in [0.1, 0.15) is 11.1 Å². The highest BCUT2D eigenvalue weighted by Gasteiger charge is 2.14. The third-order valence-electron chi connectivity index (χ3n) is 8.60. The molecular weight excluding hydrogens is 468 g/mol. The van der Waals surface area contributed by atoms with E-state index < -0.39 is 0 Å². The molecule has 0 N–H and O–H groups in total. The molecule has 0 heteroatoms. The van der Waals surface area contributed by atoms with Gasteiger partial charge in [0.25, 0.3) is 0 Å². The molecule has 0 nitrogen and oxygen atoms in total. The van der Waals surface area contributed by atoms with Crippen LogP contribution < -0.4 is 0 Å². The van der Waals surface area contributed by atoms with Crippen LogP contribution in [0.25, 0.3) is 75.8 Å². The molecule has 0 heterocycles. The lowest BCUT2D eigenvalue weighted by atomic mass is 9.89. The summed E-state index contributed by atoms with van der Waals surface area (Å²) in [5, 5.41) is 15.8. The molecule has 0 radical (unpaired) electrons. The number of rotatable bonds is 2. The van der Waals surface area contributed by atoms with Crippen molar-refractivity contribution in [3.05, 3.63) is 150 Å². The monoisotopic (exact) mass is 490 g/mol. The molecule has 0 aliphatic heterocycles. The van der Waals surface area contributed by atoms with Gasteiger partial charge in [-0.05, 0) is 99.1 Å². The predicted molar refractivity (Wildman–Crippen MR) is 169 cm³/mol. The van der Waals surface area contributed by atoms with Gasteiger partial charge in [-0.25, -0.2) is 0 Å². The Bertz CT molecular complexity index is 2200. The summed E-state index contributed by atoms with van der Waals surface area (Å²) < 4.78 is 0. The zero-order valence-corrected chi connectivity index (χ0v) is 21.2. The molecule has 0 amide bonds. The summed E-state index contributed by atoms with van der Waals surface area (Å²) in [4.78, 5) is 0. The van der Waals surface area contributed by atoms with E-state index in [9.17, 15) is 0 Å². The minimum Gasteiger partial charge on any atom is -0.120 e. The van der Waals surface area contributed by atoms with E-state index in [1.165, 1.54) is 86.9 Å². The number of allylic oxidation sites excluding steroid dienone is 5. The van der Waals surface area contributed by atoms with Crippen molar-refractivity contribution in [1.29, 1.82) is 0 Å². The van der Waals surface area contributed by atoms with Crippen LogP contribution in [0.2, 0.25) is 0 Å². The fourth-order valence-corrected chi connectivity index (χ4v) is 6.81. The number of benzene rings is 8. The minimum absolute atomic E-state index is 1.18. The second kappa shape index (κ2) is 7.68. The summed E-state index contributed by atoms with van der Waals surface area (Å²) >= 11 is 0. The van der Waals surface area contributed by atoms with Gasteiger partial charge in [0.1, 0.15) is 0 Å².